The Morgan fingerprint density at radius 1 is 0.935 bits per heavy atom. The minimum absolute atomic E-state index is 0.0958. The molecular formula is C26H27NO4. The van der Waals surface area contributed by atoms with Crippen LogP contribution in [0.25, 0.3) is 21.9 Å². The monoisotopic (exact) mass is 417 g/mol. The van der Waals surface area contributed by atoms with E-state index in [4.69, 9.17) is 14.2 Å². The lowest BCUT2D eigenvalue weighted by molar-refractivity contribution is 0.0767. The van der Waals surface area contributed by atoms with Crippen molar-refractivity contribution >= 4 is 16.7 Å². The van der Waals surface area contributed by atoms with Gasteiger partial charge in [0.15, 0.2) is 0 Å². The fraction of sp³-hybridized carbons (Fsp3) is 0.346. The zero-order valence-electron chi connectivity index (χ0n) is 18.0. The lowest BCUT2D eigenvalue weighted by Crippen LogP contribution is -2.32. The molecule has 3 aromatic carbocycles. The maximum Gasteiger partial charge on any atom is 0.254 e. The summed E-state index contributed by atoms with van der Waals surface area (Å²) in [4.78, 5) is 15.5. The van der Waals surface area contributed by atoms with Gasteiger partial charge in [0, 0.05) is 30.7 Å². The van der Waals surface area contributed by atoms with Gasteiger partial charge in [0.1, 0.15) is 11.5 Å². The topological polar surface area (TPSA) is 48.0 Å². The zero-order chi connectivity index (χ0) is 21.4. The van der Waals surface area contributed by atoms with Gasteiger partial charge in [-0.05, 0) is 47.4 Å². The Kier molecular flexibility index (Phi) is 5.06. The van der Waals surface area contributed by atoms with E-state index < -0.39 is 0 Å². The van der Waals surface area contributed by atoms with Gasteiger partial charge in [0.05, 0.1) is 26.4 Å². The summed E-state index contributed by atoms with van der Waals surface area (Å²) in [6, 6.07) is 17.8. The first-order valence-corrected chi connectivity index (χ1v) is 10.8. The lowest BCUT2D eigenvalue weighted by atomic mass is 9.87. The van der Waals surface area contributed by atoms with Gasteiger partial charge >= 0.3 is 0 Å². The number of likely N-dealkylation sites (tertiary alicyclic amines) is 1. The molecule has 0 aliphatic carbocycles. The van der Waals surface area contributed by atoms with Gasteiger partial charge in [-0.1, -0.05) is 36.4 Å². The molecule has 5 nitrogen and oxygen atoms in total. The molecule has 31 heavy (non-hydrogen) atoms. The summed E-state index contributed by atoms with van der Waals surface area (Å²) in [5, 5.41) is 1.95. The molecule has 2 aliphatic rings. The third kappa shape index (κ3) is 3.33. The average Bonchev–Trinajstić information content (AvgIpc) is 3.46. The molecule has 5 heteroatoms. The Morgan fingerprint density at radius 3 is 2.35 bits per heavy atom. The quantitative estimate of drug-likeness (QED) is 0.613. The molecule has 0 aromatic heterocycles. The van der Waals surface area contributed by atoms with E-state index in [1.165, 1.54) is 0 Å². The minimum Gasteiger partial charge on any atom is -0.496 e. The summed E-state index contributed by atoms with van der Waals surface area (Å²) >= 11 is 0. The summed E-state index contributed by atoms with van der Waals surface area (Å²) in [6.45, 7) is 3.14. The number of hydrogen-bond donors (Lipinski definition) is 0. The van der Waals surface area contributed by atoms with Gasteiger partial charge in [-0.2, -0.15) is 0 Å². The number of methoxy groups -OCH3 is 2. The van der Waals surface area contributed by atoms with Gasteiger partial charge in [0.2, 0.25) is 0 Å². The molecule has 1 amide bonds. The highest BCUT2D eigenvalue weighted by molar-refractivity contribution is 6.11. The van der Waals surface area contributed by atoms with E-state index in [9.17, 15) is 4.79 Å². The van der Waals surface area contributed by atoms with Crippen LogP contribution in [0.5, 0.6) is 11.5 Å². The van der Waals surface area contributed by atoms with E-state index in [1.807, 2.05) is 47.4 Å². The van der Waals surface area contributed by atoms with Gasteiger partial charge in [-0.3, -0.25) is 4.79 Å². The van der Waals surface area contributed by atoms with Gasteiger partial charge in [0.25, 0.3) is 5.91 Å². The Hall–Kier alpha value is -3.05. The second-order valence-corrected chi connectivity index (χ2v) is 8.52. The highest BCUT2D eigenvalue weighted by Gasteiger charge is 2.43. The largest absolute Gasteiger partial charge is 0.496 e. The molecular weight excluding hydrogens is 390 g/mol. The van der Waals surface area contributed by atoms with Crippen molar-refractivity contribution in [2.45, 2.75) is 12.8 Å². The Morgan fingerprint density at radius 2 is 1.65 bits per heavy atom. The first-order chi connectivity index (χ1) is 15.2. The first kappa shape index (κ1) is 19.9. The number of amides is 1. The van der Waals surface area contributed by atoms with Crippen LogP contribution in [0.3, 0.4) is 0 Å². The van der Waals surface area contributed by atoms with Crippen molar-refractivity contribution in [3.63, 3.8) is 0 Å². The second-order valence-electron chi connectivity index (χ2n) is 8.52. The van der Waals surface area contributed by atoms with Crippen molar-refractivity contribution in [2.75, 3.05) is 40.5 Å². The van der Waals surface area contributed by atoms with Crippen LogP contribution >= 0.6 is 0 Å². The van der Waals surface area contributed by atoms with Crippen LogP contribution in [0, 0.1) is 5.41 Å². The van der Waals surface area contributed by atoms with Gasteiger partial charge in [-0.15, -0.1) is 0 Å². The number of fused-ring (bicyclic) bond motifs is 1. The van der Waals surface area contributed by atoms with E-state index in [0.29, 0.717) is 0 Å². The molecule has 1 unspecified atom stereocenters. The van der Waals surface area contributed by atoms with Crippen molar-refractivity contribution in [1.29, 1.82) is 0 Å². The van der Waals surface area contributed by atoms with Gasteiger partial charge in [-0.25, -0.2) is 0 Å². The van der Waals surface area contributed by atoms with Crippen LogP contribution in [-0.4, -0.2) is 51.3 Å². The SMILES string of the molecule is COc1cccc(OC)c1-c1cccc2c(C(=O)N3CCC4(CCOC4)C3)cccc12. The van der Waals surface area contributed by atoms with Crippen LogP contribution in [-0.2, 0) is 4.74 Å². The summed E-state index contributed by atoms with van der Waals surface area (Å²) in [7, 11) is 3.32. The van der Waals surface area contributed by atoms with E-state index >= 15 is 0 Å². The Bertz CT molecular complexity index is 1110. The molecule has 3 aromatic rings. The standard InChI is InChI=1S/C26H27NO4/c1-29-22-10-5-11-23(30-2)24(22)20-8-3-7-19-18(20)6-4-9-21(19)25(28)27-14-12-26(16-27)13-15-31-17-26/h3-11H,12-17H2,1-2H3. The summed E-state index contributed by atoms with van der Waals surface area (Å²) in [6.07, 6.45) is 2.07. The van der Waals surface area contributed by atoms with E-state index in [1.54, 1.807) is 14.2 Å². The predicted octanol–water partition coefficient (Wildman–Crippen LogP) is 4.78. The maximum atomic E-state index is 13.5. The Balaban J connectivity index is 1.59. The van der Waals surface area contributed by atoms with E-state index in [-0.39, 0.29) is 11.3 Å². The fourth-order valence-electron chi connectivity index (χ4n) is 5.08. The normalized spacial score (nSPS) is 20.5. The molecule has 5 rings (SSSR count). The van der Waals surface area contributed by atoms with E-state index in [0.717, 1.165) is 78.1 Å². The molecule has 1 atom stereocenters. The molecule has 2 fully saturated rings. The highest BCUT2D eigenvalue weighted by Crippen LogP contribution is 2.43. The van der Waals surface area contributed by atoms with Crippen molar-refractivity contribution in [3.8, 4) is 22.6 Å². The Labute approximate surface area is 182 Å². The van der Waals surface area contributed by atoms with Gasteiger partial charge < -0.3 is 19.1 Å². The summed E-state index contributed by atoms with van der Waals surface area (Å²) in [5.41, 5.74) is 2.77. The second kappa shape index (κ2) is 7.89. The number of rotatable bonds is 4. The average molecular weight is 418 g/mol. The van der Waals surface area contributed by atoms with Crippen LogP contribution in [0.1, 0.15) is 23.2 Å². The molecule has 0 radical (unpaired) electrons. The number of carbonyl (C=O) groups excluding carboxylic acids is 1. The minimum atomic E-state index is 0.0958. The van der Waals surface area contributed by atoms with Crippen molar-refractivity contribution in [1.82, 2.24) is 4.90 Å². The summed E-state index contributed by atoms with van der Waals surface area (Å²) < 4.78 is 16.9. The van der Waals surface area contributed by atoms with Crippen molar-refractivity contribution in [3.05, 3.63) is 60.2 Å². The summed E-state index contributed by atoms with van der Waals surface area (Å²) in [5.74, 6) is 1.58. The van der Waals surface area contributed by atoms with Crippen LogP contribution in [0.2, 0.25) is 0 Å². The van der Waals surface area contributed by atoms with Crippen LogP contribution in [0.15, 0.2) is 54.6 Å². The molecule has 2 aliphatic heterocycles. The van der Waals surface area contributed by atoms with Crippen molar-refractivity contribution in [2.24, 2.45) is 5.41 Å². The fourth-order valence-corrected chi connectivity index (χ4v) is 5.08. The third-order valence-electron chi connectivity index (χ3n) is 6.76. The first-order valence-electron chi connectivity index (χ1n) is 10.8. The molecule has 0 bridgehead atoms. The molecule has 2 saturated heterocycles. The lowest BCUT2D eigenvalue weighted by Gasteiger charge is -2.23. The predicted molar refractivity (Wildman–Crippen MR) is 121 cm³/mol. The molecule has 1 spiro atoms. The van der Waals surface area contributed by atoms with E-state index in [2.05, 4.69) is 12.1 Å². The molecule has 160 valence electrons. The number of carbonyl (C=O) groups is 1. The highest BCUT2D eigenvalue weighted by atomic mass is 16.5. The molecule has 2 heterocycles. The van der Waals surface area contributed by atoms with Crippen LogP contribution < -0.4 is 9.47 Å². The molecule has 0 N–H and O–H groups in total. The third-order valence-corrected chi connectivity index (χ3v) is 6.76. The smallest absolute Gasteiger partial charge is 0.254 e. The van der Waals surface area contributed by atoms with Crippen LogP contribution in [0.4, 0.5) is 0 Å². The van der Waals surface area contributed by atoms with Crippen molar-refractivity contribution < 1.29 is 19.0 Å². The number of hydrogen-bond acceptors (Lipinski definition) is 4. The number of ether oxygens (including phenoxy) is 3. The zero-order valence-corrected chi connectivity index (χ0v) is 18.0. The maximum absolute atomic E-state index is 13.5. The number of nitrogens with zero attached hydrogens (tertiary/aromatic N) is 1. The number of benzene rings is 3. The molecule has 0 saturated carbocycles.